The molecule has 1 atom stereocenters. The van der Waals surface area contributed by atoms with Gasteiger partial charge >= 0.3 is 0 Å². The van der Waals surface area contributed by atoms with E-state index in [-0.39, 0.29) is 5.91 Å². The standard InChI is InChI=1S/C5H11N7O/c1-8-3-2-9-5(10-11-6)12(7)4(3)13/h2,5,8-9H,7H2,1H3,(H2,6,10). The van der Waals surface area contributed by atoms with Crippen molar-refractivity contribution in [3.05, 3.63) is 11.9 Å². The van der Waals surface area contributed by atoms with Crippen LogP contribution in [0.5, 0.6) is 0 Å². The number of hydrogen-bond donors (Lipinski definition) is 4. The van der Waals surface area contributed by atoms with Gasteiger partial charge in [-0.05, 0) is 0 Å². The SMILES string of the molecule is CNC1=CNC(N=NN)N(N)C1=O. The van der Waals surface area contributed by atoms with Gasteiger partial charge in [0.05, 0.1) is 0 Å². The molecule has 0 aromatic heterocycles. The van der Waals surface area contributed by atoms with E-state index in [1.807, 2.05) is 0 Å². The summed E-state index contributed by atoms with van der Waals surface area (Å²) in [5.74, 6) is 9.85. The monoisotopic (exact) mass is 185 g/mol. The zero-order valence-electron chi connectivity index (χ0n) is 7.06. The molecule has 1 rings (SSSR count). The topological polar surface area (TPSA) is 121 Å². The van der Waals surface area contributed by atoms with E-state index in [0.717, 1.165) is 5.01 Å². The van der Waals surface area contributed by atoms with Gasteiger partial charge in [0.1, 0.15) is 5.70 Å². The third-order valence-electron chi connectivity index (χ3n) is 1.55. The van der Waals surface area contributed by atoms with E-state index < -0.39 is 6.29 Å². The Morgan fingerprint density at radius 1 is 1.77 bits per heavy atom. The average molecular weight is 185 g/mol. The Morgan fingerprint density at radius 2 is 2.46 bits per heavy atom. The van der Waals surface area contributed by atoms with Crippen molar-refractivity contribution in [2.24, 2.45) is 22.0 Å². The molecule has 8 nitrogen and oxygen atoms in total. The molecule has 1 unspecified atom stereocenters. The number of nitrogens with two attached hydrogens (primary N) is 2. The first kappa shape index (κ1) is 9.26. The van der Waals surface area contributed by atoms with E-state index in [0.29, 0.717) is 5.70 Å². The van der Waals surface area contributed by atoms with Crippen molar-refractivity contribution < 1.29 is 4.79 Å². The van der Waals surface area contributed by atoms with Crippen LogP contribution in [-0.4, -0.2) is 24.3 Å². The van der Waals surface area contributed by atoms with Crippen LogP contribution >= 0.6 is 0 Å². The molecule has 8 heteroatoms. The normalized spacial score (nSPS) is 22.9. The van der Waals surface area contributed by atoms with Gasteiger partial charge in [-0.25, -0.2) is 10.9 Å². The van der Waals surface area contributed by atoms with Crippen molar-refractivity contribution in [3.8, 4) is 0 Å². The fourth-order valence-corrected chi connectivity index (χ4v) is 0.881. The van der Waals surface area contributed by atoms with Gasteiger partial charge in [0.25, 0.3) is 5.91 Å². The number of rotatable bonds is 2. The summed E-state index contributed by atoms with van der Waals surface area (Å²) >= 11 is 0. The highest BCUT2D eigenvalue weighted by Crippen LogP contribution is 2.04. The summed E-state index contributed by atoms with van der Waals surface area (Å²) in [5.41, 5.74) is 0.353. The number of likely N-dealkylation sites (N-methyl/N-ethyl adjacent to an activating group) is 1. The molecule has 0 bridgehead atoms. The molecule has 13 heavy (non-hydrogen) atoms. The zero-order chi connectivity index (χ0) is 9.84. The maximum Gasteiger partial charge on any atom is 0.288 e. The molecular formula is C5H11N7O. The van der Waals surface area contributed by atoms with Gasteiger partial charge in [-0.1, -0.05) is 5.22 Å². The van der Waals surface area contributed by atoms with Crippen molar-refractivity contribution in [2.75, 3.05) is 7.05 Å². The van der Waals surface area contributed by atoms with Gasteiger partial charge in [-0.2, -0.15) is 0 Å². The lowest BCUT2D eigenvalue weighted by molar-refractivity contribution is -0.131. The average Bonchev–Trinajstić information content (AvgIpc) is 2.14. The number of nitrogens with zero attached hydrogens (tertiary/aromatic N) is 3. The highest BCUT2D eigenvalue weighted by atomic mass is 16.2. The Kier molecular flexibility index (Phi) is 2.65. The molecule has 72 valence electrons. The van der Waals surface area contributed by atoms with E-state index in [2.05, 4.69) is 21.0 Å². The number of nitrogens with one attached hydrogen (secondary N) is 2. The second-order valence-electron chi connectivity index (χ2n) is 2.29. The molecule has 0 aromatic rings. The van der Waals surface area contributed by atoms with Gasteiger partial charge in [0.2, 0.25) is 6.29 Å². The summed E-state index contributed by atoms with van der Waals surface area (Å²) in [6, 6.07) is 0. The Morgan fingerprint density at radius 3 is 3.00 bits per heavy atom. The summed E-state index contributed by atoms with van der Waals surface area (Å²) in [7, 11) is 1.62. The number of amides is 1. The molecule has 0 aliphatic carbocycles. The minimum atomic E-state index is -0.741. The van der Waals surface area contributed by atoms with Gasteiger partial charge in [-0.3, -0.25) is 4.79 Å². The molecule has 0 saturated carbocycles. The lowest BCUT2D eigenvalue weighted by atomic mass is 10.3. The van der Waals surface area contributed by atoms with E-state index in [9.17, 15) is 4.79 Å². The molecule has 1 amide bonds. The fraction of sp³-hybridized carbons (Fsp3) is 0.400. The summed E-state index contributed by atoms with van der Waals surface area (Å²) < 4.78 is 0. The smallest absolute Gasteiger partial charge is 0.288 e. The number of carbonyl (C=O) groups is 1. The summed E-state index contributed by atoms with van der Waals surface area (Å²) in [6.07, 6.45) is 0.722. The third-order valence-corrected chi connectivity index (χ3v) is 1.55. The summed E-state index contributed by atoms with van der Waals surface area (Å²) in [5, 5.41) is 12.8. The van der Waals surface area contributed by atoms with Crippen LogP contribution in [0.1, 0.15) is 0 Å². The Labute approximate surface area is 74.6 Å². The largest absolute Gasteiger partial charge is 0.382 e. The lowest BCUT2D eigenvalue weighted by Crippen LogP contribution is -2.55. The van der Waals surface area contributed by atoms with E-state index in [4.69, 9.17) is 11.7 Å². The molecule has 0 spiro atoms. The Bertz CT molecular complexity index is 260. The molecule has 1 heterocycles. The molecule has 1 aliphatic heterocycles. The number of hydrogen-bond acceptors (Lipinski definition) is 6. The minimum Gasteiger partial charge on any atom is -0.382 e. The maximum absolute atomic E-state index is 11.3. The van der Waals surface area contributed by atoms with Crippen LogP contribution < -0.4 is 22.3 Å². The molecule has 0 saturated heterocycles. The molecule has 0 fully saturated rings. The molecular weight excluding hydrogens is 174 g/mol. The van der Waals surface area contributed by atoms with Crippen molar-refractivity contribution in [2.45, 2.75) is 6.29 Å². The number of carbonyl (C=O) groups excluding carboxylic acids is 1. The van der Waals surface area contributed by atoms with Crippen LogP contribution in [0.4, 0.5) is 0 Å². The minimum absolute atomic E-state index is 0.353. The summed E-state index contributed by atoms with van der Waals surface area (Å²) in [6.45, 7) is 0. The molecule has 0 radical (unpaired) electrons. The zero-order valence-corrected chi connectivity index (χ0v) is 7.06. The highest BCUT2D eigenvalue weighted by Gasteiger charge is 2.26. The second-order valence-corrected chi connectivity index (χ2v) is 2.29. The maximum atomic E-state index is 11.3. The lowest BCUT2D eigenvalue weighted by Gasteiger charge is -2.28. The van der Waals surface area contributed by atoms with E-state index in [1.165, 1.54) is 6.20 Å². The van der Waals surface area contributed by atoms with Crippen molar-refractivity contribution in [3.63, 3.8) is 0 Å². The second kappa shape index (κ2) is 3.72. The number of hydrazine groups is 1. The molecule has 6 N–H and O–H groups in total. The van der Waals surface area contributed by atoms with Crippen LogP contribution in [0.15, 0.2) is 22.2 Å². The van der Waals surface area contributed by atoms with Gasteiger partial charge in [0.15, 0.2) is 0 Å². The first-order valence-electron chi connectivity index (χ1n) is 3.53. The first-order chi connectivity index (χ1) is 6.20. The quantitative estimate of drug-likeness (QED) is 0.171. The Balaban J connectivity index is 2.80. The van der Waals surface area contributed by atoms with Crippen LogP contribution in [0.2, 0.25) is 0 Å². The fourth-order valence-electron chi connectivity index (χ4n) is 0.881. The van der Waals surface area contributed by atoms with E-state index in [1.54, 1.807) is 7.05 Å². The van der Waals surface area contributed by atoms with Gasteiger partial charge in [-0.15, -0.1) is 5.11 Å². The first-order valence-corrected chi connectivity index (χ1v) is 3.53. The predicted octanol–water partition coefficient (Wildman–Crippen LogP) is -2.04. The predicted molar refractivity (Wildman–Crippen MR) is 44.1 cm³/mol. The molecule has 1 aliphatic rings. The highest BCUT2D eigenvalue weighted by molar-refractivity contribution is 5.93. The van der Waals surface area contributed by atoms with Crippen LogP contribution in [0, 0.1) is 0 Å². The van der Waals surface area contributed by atoms with Crippen LogP contribution in [0.3, 0.4) is 0 Å². The van der Waals surface area contributed by atoms with E-state index >= 15 is 0 Å². The Hall–Kier alpha value is -1.83. The third kappa shape index (κ3) is 1.67. The molecule has 0 aromatic carbocycles. The summed E-state index contributed by atoms with van der Waals surface area (Å²) in [4.78, 5) is 11.3. The van der Waals surface area contributed by atoms with Crippen molar-refractivity contribution >= 4 is 5.91 Å². The van der Waals surface area contributed by atoms with Crippen LogP contribution in [-0.2, 0) is 4.79 Å². The van der Waals surface area contributed by atoms with Crippen molar-refractivity contribution in [1.29, 1.82) is 0 Å². The van der Waals surface area contributed by atoms with Gasteiger partial charge < -0.3 is 16.5 Å². The van der Waals surface area contributed by atoms with Gasteiger partial charge in [0, 0.05) is 13.2 Å². The van der Waals surface area contributed by atoms with Crippen LogP contribution in [0.25, 0.3) is 0 Å². The van der Waals surface area contributed by atoms with Crippen molar-refractivity contribution in [1.82, 2.24) is 15.6 Å².